The van der Waals surface area contributed by atoms with E-state index in [2.05, 4.69) is 26.3 Å². The van der Waals surface area contributed by atoms with E-state index in [9.17, 15) is 39.3 Å². The fraction of sp³-hybridized carbons (Fsp3) is 0.350. The Morgan fingerprint density at radius 1 is 0.697 bits per heavy atom. The van der Waals surface area contributed by atoms with Gasteiger partial charge in [-0.1, -0.05) is 26.3 Å². The summed E-state index contributed by atoms with van der Waals surface area (Å²) in [7, 11) is 0. The zero-order chi connectivity index (χ0) is 25.7. The summed E-state index contributed by atoms with van der Waals surface area (Å²) in [5.41, 5.74) is -1.78. The van der Waals surface area contributed by atoms with Crippen molar-refractivity contribution in [1.82, 2.24) is 0 Å². The van der Waals surface area contributed by atoms with Gasteiger partial charge in [0.05, 0.1) is 25.2 Å². The van der Waals surface area contributed by atoms with Crippen LogP contribution in [0.2, 0.25) is 0 Å². The molecule has 0 aromatic rings. The average Bonchev–Trinajstić information content (AvgIpc) is 2.83. The minimum Gasteiger partial charge on any atom is -0.459 e. The van der Waals surface area contributed by atoms with Crippen molar-refractivity contribution in [2.24, 2.45) is 5.41 Å². The first-order chi connectivity index (χ1) is 15.5. The van der Waals surface area contributed by atoms with E-state index in [1.807, 2.05) is 0 Å². The Balaban J connectivity index is 6.69. The highest BCUT2D eigenvalue weighted by molar-refractivity contribution is 5.92. The summed E-state index contributed by atoms with van der Waals surface area (Å²) in [6, 6.07) is 0. The maximum Gasteiger partial charge on any atom is 0.433 e. The number of aliphatic hydroxyl groups is 3. The lowest BCUT2D eigenvalue weighted by Crippen LogP contribution is -2.60. The second-order valence-electron chi connectivity index (χ2n) is 6.08. The summed E-state index contributed by atoms with van der Waals surface area (Å²) in [4.78, 5) is 60.6. The Morgan fingerprint density at radius 3 is 1.36 bits per heavy atom. The molecule has 0 fully saturated rings. The molecule has 0 spiro atoms. The molecule has 0 amide bonds. The van der Waals surface area contributed by atoms with Gasteiger partial charge in [0.2, 0.25) is 0 Å². The Hall–Kier alpha value is -3.81. The van der Waals surface area contributed by atoms with Crippen LogP contribution in [0.15, 0.2) is 50.6 Å². The third-order valence-electron chi connectivity index (χ3n) is 3.73. The van der Waals surface area contributed by atoms with Crippen LogP contribution in [0, 0.1) is 5.41 Å². The van der Waals surface area contributed by atoms with Gasteiger partial charge >= 0.3 is 41.9 Å². The molecule has 13 heteroatoms. The van der Waals surface area contributed by atoms with Gasteiger partial charge in [-0.25, -0.2) is 24.0 Å². The van der Waals surface area contributed by atoms with Gasteiger partial charge < -0.3 is 39.0 Å². The van der Waals surface area contributed by atoms with E-state index in [4.69, 9.17) is 23.7 Å². The van der Waals surface area contributed by atoms with Crippen LogP contribution >= 0.6 is 0 Å². The maximum atomic E-state index is 13.0. The summed E-state index contributed by atoms with van der Waals surface area (Å²) < 4.78 is 24.0. The molecule has 0 atom stereocenters. The lowest BCUT2D eigenvalue weighted by atomic mass is 9.92. The van der Waals surface area contributed by atoms with E-state index in [1.165, 1.54) is 0 Å². The fourth-order valence-corrected chi connectivity index (χ4v) is 1.77. The van der Waals surface area contributed by atoms with Gasteiger partial charge in [0, 0.05) is 24.3 Å². The predicted molar refractivity (Wildman–Crippen MR) is 106 cm³/mol. The van der Waals surface area contributed by atoms with Crippen molar-refractivity contribution in [3.63, 3.8) is 0 Å². The van der Waals surface area contributed by atoms with Gasteiger partial charge in [0.1, 0.15) is 6.61 Å². The zero-order valence-electron chi connectivity index (χ0n) is 17.5. The first-order valence-electron chi connectivity index (χ1n) is 8.90. The second-order valence-corrected chi connectivity index (χ2v) is 6.08. The van der Waals surface area contributed by atoms with Gasteiger partial charge in [-0.2, -0.15) is 0 Å². The number of aliphatic hydroxyl groups excluding tert-OH is 3. The van der Waals surface area contributed by atoms with E-state index in [0.717, 1.165) is 0 Å². The largest absolute Gasteiger partial charge is 0.459 e. The number of carbonyl (C=O) groups is 5. The van der Waals surface area contributed by atoms with E-state index in [-0.39, 0.29) is 0 Å². The summed E-state index contributed by atoms with van der Waals surface area (Å²) in [6.07, 6.45) is -0.427. The number of ether oxygens (including phenoxy) is 5. The molecule has 0 radical (unpaired) electrons. The molecule has 0 bridgehead atoms. The first-order valence-corrected chi connectivity index (χ1v) is 8.90. The smallest absolute Gasteiger partial charge is 0.433 e. The molecule has 0 aliphatic rings. The van der Waals surface area contributed by atoms with Crippen LogP contribution in [-0.2, 0) is 47.7 Å². The van der Waals surface area contributed by atoms with Crippen LogP contribution in [0.3, 0.4) is 0 Å². The molecule has 3 N–H and O–H groups in total. The molecule has 0 aliphatic heterocycles. The third-order valence-corrected chi connectivity index (χ3v) is 3.73. The highest BCUT2D eigenvalue weighted by Crippen LogP contribution is 2.28. The molecule has 0 aliphatic carbocycles. The van der Waals surface area contributed by atoms with Gasteiger partial charge in [0.15, 0.2) is 0 Å². The van der Waals surface area contributed by atoms with Crippen molar-refractivity contribution in [3.05, 3.63) is 50.6 Å². The summed E-state index contributed by atoms with van der Waals surface area (Å²) >= 11 is 0. The van der Waals surface area contributed by atoms with Gasteiger partial charge in [-0.15, -0.1) is 0 Å². The quantitative estimate of drug-likeness (QED) is 0.107. The van der Waals surface area contributed by atoms with Crippen LogP contribution < -0.4 is 0 Å². The molecule has 0 unspecified atom stereocenters. The molecule has 0 aromatic carbocycles. The summed E-state index contributed by atoms with van der Waals surface area (Å²) in [5, 5.41) is 28.2. The van der Waals surface area contributed by atoms with Gasteiger partial charge in [-0.3, -0.25) is 0 Å². The normalized spacial score (nSPS) is 10.9. The highest BCUT2D eigenvalue weighted by Gasteiger charge is 2.60. The van der Waals surface area contributed by atoms with Crippen molar-refractivity contribution in [2.75, 3.05) is 26.4 Å². The van der Waals surface area contributed by atoms with Crippen LogP contribution in [0.4, 0.5) is 0 Å². The number of carbonyl (C=O) groups excluding carboxylic acids is 5. The van der Waals surface area contributed by atoms with Crippen LogP contribution in [0.25, 0.3) is 0 Å². The van der Waals surface area contributed by atoms with Crippen LogP contribution in [-0.4, -0.2) is 83.7 Å². The SMILES string of the molecule is C=CC(=O)OC(OC(=O)C=C)C(OC(=O)C=C)(OC(=O)C=C)C(=O)OCC(CO)(CO)CO. The second kappa shape index (κ2) is 13.6. The monoisotopic (exact) mass is 472 g/mol. The van der Waals surface area contributed by atoms with Crippen molar-refractivity contribution >= 4 is 29.8 Å². The lowest BCUT2D eigenvalue weighted by Gasteiger charge is -2.35. The molecule has 0 saturated carbocycles. The maximum absolute atomic E-state index is 13.0. The predicted octanol–water partition coefficient (Wildman–Crippen LogP) is -1.57. The van der Waals surface area contributed by atoms with Crippen LogP contribution in [0.5, 0.6) is 0 Å². The Bertz CT molecular complexity index is 742. The molecule has 0 heterocycles. The minimum absolute atomic E-state index is 0.519. The molecule has 0 saturated heterocycles. The number of hydrogen-bond acceptors (Lipinski definition) is 13. The van der Waals surface area contributed by atoms with Crippen molar-refractivity contribution in [1.29, 1.82) is 0 Å². The first kappa shape index (κ1) is 29.2. The molecule has 33 heavy (non-hydrogen) atoms. The molecular formula is C20H24O13. The van der Waals surface area contributed by atoms with E-state index >= 15 is 0 Å². The Morgan fingerprint density at radius 2 is 1.06 bits per heavy atom. The topological polar surface area (TPSA) is 192 Å². The number of esters is 5. The van der Waals surface area contributed by atoms with Crippen molar-refractivity contribution in [2.45, 2.75) is 12.1 Å². The minimum atomic E-state index is -3.43. The Kier molecular flexibility index (Phi) is 12.0. The number of rotatable bonds is 15. The van der Waals surface area contributed by atoms with E-state index in [0.29, 0.717) is 24.3 Å². The molecular weight excluding hydrogens is 448 g/mol. The van der Waals surface area contributed by atoms with Crippen LogP contribution in [0.1, 0.15) is 0 Å². The van der Waals surface area contributed by atoms with Gasteiger partial charge in [-0.05, 0) is 0 Å². The molecule has 0 rings (SSSR count). The van der Waals surface area contributed by atoms with E-state index in [1.54, 1.807) is 0 Å². The third kappa shape index (κ3) is 7.99. The van der Waals surface area contributed by atoms with Gasteiger partial charge in [0.25, 0.3) is 0 Å². The van der Waals surface area contributed by atoms with E-state index < -0.39 is 73.8 Å². The zero-order valence-corrected chi connectivity index (χ0v) is 17.5. The molecule has 13 nitrogen and oxygen atoms in total. The van der Waals surface area contributed by atoms with Crippen molar-refractivity contribution in [3.8, 4) is 0 Å². The number of hydrogen-bond donors (Lipinski definition) is 3. The summed E-state index contributed by atoms with van der Waals surface area (Å²) in [5.74, 6) is -10.8. The standard InChI is InChI=1S/C20H24O13/c1-5-13(24)30-18(31-14(25)6-2)20(32-15(26)7-3,33-16(27)8-4)17(28)29-12-19(9-21,10-22)11-23/h5-8,18,21-23H,1-4,9-12H2. The Labute approximate surface area is 188 Å². The lowest BCUT2D eigenvalue weighted by molar-refractivity contribution is -0.303. The summed E-state index contributed by atoms with van der Waals surface area (Å²) in [6.45, 7) is 8.89. The molecule has 0 aromatic heterocycles. The van der Waals surface area contributed by atoms with Crippen molar-refractivity contribution < 1.29 is 63.0 Å². The fourth-order valence-electron chi connectivity index (χ4n) is 1.77. The highest BCUT2D eigenvalue weighted by atomic mass is 16.8. The molecule has 182 valence electrons. The average molecular weight is 472 g/mol.